The van der Waals surface area contributed by atoms with E-state index in [9.17, 15) is 19.2 Å². The number of nitrogens with one attached hydrogen (secondary N) is 1. The fourth-order valence-electron chi connectivity index (χ4n) is 5.61. The molecule has 4 amide bonds. The van der Waals surface area contributed by atoms with Gasteiger partial charge in [0, 0.05) is 24.7 Å². The van der Waals surface area contributed by atoms with Crippen LogP contribution in [-0.4, -0.2) is 48.7 Å². The van der Waals surface area contributed by atoms with Gasteiger partial charge in [-0.1, -0.05) is 83.9 Å². The van der Waals surface area contributed by atoms with Gasteiger partial charge in [-0.25, -0.2) is 0 Å². The highest BCUT2D eigenvalue weighted by Gasteiger charge is 2.34. The molecule has 1 aliphatic rings. The van der Waals surface area contributed by atoms with Crippen molar-refractivity contribution in [2.45, 2.75) is 13.3 Å². The first kappa shape index (κ1) is 32.2. The molecule has 8 nitrogen and oxygen atoms in total. The average Bonchev–Trinajstić information content (AvgIpc) is 3.35. The molecule has 0 fully saturated rings. The van der Waals surface area contributed by atoms with Crippen molar-refractivity contribution in [1.82, 2.24) is 4.90 Å². The van der Waals surface area contributed by atoms with Crippen molar-refractivity contribution >= 4 is 46.6 Å². The summed E-state index contributed by atoms with van der Waals surface area (Å²) in [4.78, 5) is 54.9. The van der Waals surface area contributed by atoms with Crippen LogP contribution < -0.4 is 15.0 Å². The number of rotatable bonds is 10. The van der Waals surface area contributed by atoms with Gasteiger partial charge in [-0.3, -0.25) is 24.1 Å². The van der Waals surface area contributed by atoms with Gasteiger partial charge in [0.15, 0.2) is 0 Å². The molecule has 6 rings (SSSR count). The molecular formula is C39H32ClN3O5. The Morgan fingerprint density at radius 1 is 0.792 bits per heavy atom. The summed E-state index contributed by atoms with van der Waals surface area (Å²) in [6.45, 7) is 2.44. The van der Waals surface area contributed by atoms with Crippen molar-refractivity contribution in [3.8, 4) is 16.9 Å². The first-order valence-electron chi connectivity index (χ1n) is 15.4. The number of imide groups is 1. The third-order valence-corrected chi connectivity index (χ3v) is 8.50. The predicted octanol–water partition coefficient (Wildman–Crippen LogP) is 7.91. The van der Waals surface area contributed by atoms with Crippen LogP contribution in [0.15, 0.2) is 115 Å². The minimum absolute atomic E-state index is 0.211. The molecule has 0 atom stereocenters. The number of hydrogen-bond acceptors (Lipinski definition) is 5. The first-order chi connectivity index (χ1) is 23.2. The lowest BCUT2D eigenvalue weighted by Gasteiger charge is -2.21. The van der Waals surface area contributed by atoms with Gasteiger partial charge in [-0.2, -0.15) is 0 Å². The molecule has 0 bridgehead atoms. The number of carbonyl (C=O) groups excluding carboxylic acids is 4. The van der Waals surface area contributed by atoms with Crippen molar-refractivity contribution in [3.63, 3.8) is 0 Å². The van der Waals surface area contributed by atoms with Crippen LogP contribution in [0.2, 0.25) is 5.02 Å². The summed E-state index contributed by atoms with van der Waals surface area (Å²) in [6.07, 6.45) is 0.412. The first-order valence-corrected chi connectivity index (χ1v) is 15.8. The molecule has 1 heterocycles. The predicted molar refractivity (Wildman–Crippen MR) is 187 cm³/mol. The van der Waals surface area contributed by atoms with Crippen LogP contribution in [0.3, 0.4) is 0 Å². The number of nitrogens with zero attached hydrogens (tertiary/aromatic N) is 2. The number of anilines is 2. The smallest absolute Gasteiger partial charge is 0.261 e. The van der Waals surface area contributed by atoms with E-state index in [0.29, 0.717) is 45.8 Å². The molecule has 0 spiro atoms. The minimum Gasteiger partial charge on any atom is -0.491 e. The van der Waals surface area contributed by atoms with Crippen LogP contribution in [0.25, 0.3) is 11.1 Å². The fraction of sp³-hybridized carbons (Fsp3) is 0.128. The Morgan fingerprint density at radius 2 is 1.42 bits per heavy atom. The molecule has 0 radical (unpaired) electrons. The number of fused-ring (bicyclic) bond motifs is 1. The van der Waals surface area contributed by atoms with Crippen molar-refractivity contribution in [1.29, 1.82) is 0 Å². The molecule has 0 aliphatic carbocycles. The van der Waals surface area contributed by atoms with Crippen LogP contribution in [-0.2, 0) is 0 Å². The van der Waals surface area contributed by atoms with E-state index in [2.05, 4.69) is 5.32 Å². The molecule has 1 N–H and O–H groups in total. The van der Waals surface area contributed by atoms with Crippen molar-refractivity contribution in [2.24, 2.45) is 0 Å². The van der Waals surface area contributed by atoms with E-state index >= 15 is 0 Å². The SMILES string of the molecule is Cc1ccc(-c2ccccc2C(=O)Nc2ccc(C(=O)N(C)c3ccccc3OCCCN3C(=O)c4ccccc4C3=O)cc2Cl)cc1. The second-order valence-corrected chi connectivity index (χ2v) is 11.8. The number of ether oxygens (including phenoxy) is 1. The van der Waals surface area contributed by atoms with Crippen molar-refractivity contribution in [2.75, 3.05) is 30.4 Å². The lowest BCUT2D eigenvalue weighted by Crippen LogP contribution is -2.31. The topological polar surface area (TPSA) is 96.0 Å². The number of carbonyl (C=O) groups is 4. The molecular weight excluding hydrogens is 626 g/mol. The van der Waals surface area contributed by atoms with E-state index in [1.54, 1.807) is 73.8 Å². The normalized spacial score (nSPS) is 12.1. The van der Waals surface area contributed by atoms with E-state index < -0.39 is 0 Å². The highest BCUT2D eigenvalue weighted by Crippen LogP contribution is 2.31. The molecule has 240 valence electrons. The third kappa shape index (κ3) is 6.56. The highest BCUT2D eigenvalue weighted by molar-refractivity contribution is 6.34. The Balaban J connectivity index is 1.10. The molecule has 0 aromatic heterocycles. The minimum atomic E-state index is -0.332. The maximum Gasteiger partial charge on any atom is 0.261 e. The van der Waals surface area contributed by atoms with Gasteiger partial charge >= 0.3 is 0 Å². The molecule has 0 saturated heterocycles. The zero-order chi connectivity index (χ0) is 33.8. The molecule has 0 unspecified atom stereocenters. The summed E-state index contributed by atoms with van der Waals surface area (Å²) < 4.78 is 6.01. The molecule has 5 aromatic carbocycles. The van der Waals surface area contributed by atoms with Gasteiger partial charge in [-0.15, -0.1) is 0 Å². The lowest BCUT2D eigenvalue weighted by atomic mass is 9.98. The van der Waals surface area contributed by atoms with E-state index in [4.69, 9.17) is 16.3 Å². The Labute approximate surface area is 283 Å². The quantitative estimate of drug-likeness (QED) is 0.122. The van der Waals surface area contributed by atoms with Gasteiger partial charge in [0.05, 0.1) is 34.1 Å². The standard InChI is InChI=1S/C39H32ClN3O5/c1-25-16-18-26(19-17-25)28-10-3-4-11-29(28)36(44)41-33-21-20-27(24-32(33)40)37(45)42(2)34-14-7-8-15-35(34)48-23-9-22-43-38(46)30-12-5-6-13-31(30)39(43)47/h3-8,10-21,24H,9,22-23H2,1-2H3,(H,41,44). The Bertz CT molecular complexity index is 2010. The van der Waals surface area contributed by atoms with E-state index in [1.165, 1.54) is 15.9 Å². The Kier molecular flexibility index (Phi) is 9.36. The fourth-order valence-corrected chi connectivity index (χ4v) is 5.84. The van der Waals surface area contributed by atoms with E-state index in [-0.39, 0.29) is 41.8 Å². The van der Waals surface area contributed by atoms with Crippen molar-refractivity contribution < 1.29 is 23.9 Å². The van der Waals surface area contributed by atoms with Gasteiger partial charge in [0.2, 0.25) is 0 Å². The maximum absolute atomic E-state index is 13.6. The summed E-state index contributed by atoms with van der Waals surface area (Å²) >= 11 is 6.59. The summed E-state index contributed by atoms with van der Waals surface area (Å²) in [5, 5.41) is 3.10. The summed E-state index contributed by atoms with van der Waals surface area (Å²) in [6, 6.07) is 33.9. The lowest BCUT2D eigenvalue weighted by molar-refractivity contribution is 0.0646. The van der Waals surface area contributed by atoms with E-state index in [0.717, 1.165) is 16.7 Å². The number of benzene rings is 5. The highest BCUT2D eigenvalue weighted by atomic mass is 35.5. The summed E-state index contributed by atoms with van der Waals surface area (Å²) in [5.74, 6) is -0.798. The number of para-hydroxylation sites is 2. The number of hydrogen-bond donors (Lipinski definition) is 1. The van der Waals surface area contributed by atoms with Gasteiger partial charge in [-0.05, 0) is 73.0 Å². The monoisotopic (exact) mass is 657 g/mol. The molecule has 1 aliphatic heterocycles. The molecule has 0 saturated carbocycles. The van der Waals surface area contributed by atoms with Crippen LogP contribution in [0, 0.1) is 6.92 Å². The van der Waals surface area contributed by atoms with Gasteiger partial charge in [0.1, 0.15) is 5.75 Å². The summed E-state index contributed by atoms with van der Waals surface area (Å²) in [5.41, 5.74) is 5.39. The van der Waals surface area contributed by atoms with Crippen LogP contribution in [0.1, 0.15) is 53.4 Å². The molecule has 5 aromatic rings. The largest absolute Gasteiger partial charge is 0.491 e. The van der Waals surface area contributed by atoms with Crippen molar-refractivity contribution in [3.05, 3.63) is 148 Å². The second-order valence-electron chi connectivity index (χ2n) is 11.4. The Morgan fingerprint density at radius 3 is 2.10 bits per heavy atom. The molecule has 48 heavy (non-hydrogen) atoms. The zero-order valence-corrected chi connectivity index (χ0v) is 27.2. The average molecular weight is 658 g/mol. The summed E-state index contributed by atoms with van der Waals surface area (Å²) in [7, 11) is 1.63. The van der Waals surface area contributed by atoms with Gasteiger partial charge < -0.3 is 15.0 Å². The van der Waals surface area contributed by atoms with Crippen LogP contribution >= 0.6 is 11.6 Å². The maximum atomic E-state index is 13.6. The zero-order valence-electron chi connectivity index (χ0n) is 26.4. The number of amides is 4. The van der Waals surface area contributed by atoms with Gasteiger partial charge in [0.25, 0.3) is 23.6 Å². The van der Waals surface area contributed by atoms with E-state index in [1.807, 2.05) is 49.4 Å². The third-order valence-electron chi connectivity index (χ3n) is 8.19. The number of halogens is 1. The van der Waals surface area contributed by atoms with Crippen LogP contribution in [0.4, 0.5) is 11.4 Å². The Hall–Kier alpha value is -5.73. The molecule has 9 heteroatoms. The number of aryl methyl sites for hydroxylation is 1. The second kappa shape index (κ2) is 13.9. The van der Waals surface area contributed by atoms with Crippen LogP contribution in [0.5, 0.6) is 5.75 Å².